The van der Waals surface area contributed by atoms with Crippen molar-refractivity contribution >= 4 is 10.0 Å². The van der Waals surface area contributed by atoms with E-state index in [4.69, 9.17) is 14.9 Å². The normalized spacial score (nSPS) is 17.5. The number of rotatable bonds is 4. The second-order valence-corrected chi connectivity index (χ2v) is 7.60. The van der Waals surface area contributed by atoms with Gasteiger partial charge in [-0.15, -0.1) is 5.10 Å². The van der Waals surface area contributed by atoms with Crippen molar-refractivity contribution in [1.29, 1.82) is 0 Å². The van der Waals surface area contributed by atoms with Gasteiger partial charge in [0.1, 0.15) is 5.82 Å². The Morgan fingerprint density at radius 2 is 1.85 bits per heavy atom. The highest BCUT2D eigenvalue weighted by Crippen LogP contribution is 2.28. The molecule has 0 amide bonds. The van der Waals surface area contributed by atoms with E-state index in [-0.39, 0.29) is 10.8 Å². The highest BCUT2D eigenvalue weighted by atomic mass is 32.2. The van der Waals surface area contributed by atoms with Crippen LogP contribution in [0.1, 0.15) is 18.2 Å². The molecular formula is C17H17N5O3S. The van der Waals surface area contributed by atoms with Gasteiger partial charge in [0.05, 0.1) is 17.2 Å². The Morgan fingerprint density at radius 3 is 2.46 bits per heavy atom. The topological polar surface area (TPSA) is 113 Å². The van der Waals surface area contributed by atoms with Crippen LogP contribution in [0.25, 0.3) is 17.1 Å². The molecule has 1 aromatic carbocycles. The Kier molecular flexibility index (Phi) is 4.27. The molecule has 3 aromatic rings. The van der Waals surface area contributed by atoms with Crippen LogP contribution in [-0.4, -0.2) is 41.4 Å². The van der Waals surface area contributed by atoms with Gasteiger partial charge >= 0.3 is 0 Å². The quantitative estimate of drug-likeness (QED) is 0.743. The summed E-state index contributed by atoms with van der Waals surface area (Å²) in [4.78, 5) is 8.79. The van der Waals surface area contributed by atoms with E-state index in [0.717, 1.165) is 17.8 Å². The molecule has 1 aliphatic rings. The standard InChI is InChI=1S/C17H17N5O3S/c18-26(23,24)15-3-1-14(2-4-15)22-17(13-7-10-25-11-13)20-16(21-22)12-5-8-19-9-6-12/h1-6,8-9,13H,7,10-11H2,(H2,18,23,24). The number of hydrogen-bond acceptors (Lipinski definition) is 6. The van der Waals surface area contributed by atoms with Gasteiger partial charge in [-0.2, -0.15) is 0 Å². The van der Waals surface area contributed by atoms with E-state index < -0.39 is 10.0 Å². The zero-order chi connectivity index (χ0) is 18.1. The van der Waals surface area contributed by atoms with E-state index in [9.17, 15) is 8.42 Å². The van der Waals surface area contributed by atoms with Crippen LogP contribution >= 0.6 is 0 Å². The molecule has 9 heteroatoms. The maximum atomic E-state index is 11.5. The van der Waals surface area contributed by atoms with Crippen molar-refractivity contribution in [2.75, 3.05) is 13.2 Å². The first-order valence-electron chi connectivity index (χ1n) is 8.11. The summed E-state index contributed by atoms with van der Waals surface area (Å²) >= 11 is 0. The van der Waals surface area contributed by atoms with Crippen LogP contribution in [0.4, 0.5) is 0 Å². The number of benzene rings is 1. The smallest absolute Gasteiger partial charge is 0.238 e. The third-order valence-electron chi connectivity index (χ3n) is 4.28. The number of nitrogens with two attached hydrogens (primary N) is 1. The fourth-order valence-electron chi connectivity index (χ4n) is 2.92. The molecule has 0 radical (unpaired) electrons. The lowest BCUT2D eigenvalue weighted by Gasteiger charge is -2.10. The molecule has 1 saturated heterocycles. The molecule has 1 fully saturated rings. The highest BCUT2D eigenvalue weighted by molar-refractivity contribution is 7.89. The number of pyridine rings is 1. The minimum atomic E-state index is -3.74. The molecule has 0 spiro atoms. The Morgan fingerprint density at radius 1 is 1.12 bits per heavy atom. The van der Waals surface area contributed by atoms with Crippen LogP contribution in [0.2, 0.25) is 0 Å². The summed E-state index contributed by atoms with van der Waals surface area (Å²) in [6.07, 6.45) is 4.24. The van der Waals surface area contributed by atoms with Crippen LogP contribution in [0.15, 0.2) is 53.7 Å². The predicted octanol–water partition coefficient (Wildman–Crippen LogP) is 1.48. The summed E-state index contributed by atoms with van der Waals surface area (Å²) in [5, 5.41) is 9.80. The van der Waals surface area contributed by atoms with E-state index in [0.29, 0.717) is 24.7 Å². The average Bonchev–Trinajstić information content (AvgIpc) is 3.31. The minimum absolute atomic E-state index is 0.0569. The molecule has 26 heavy (non-hydrogen) atoms. The minimum Gasteiger partial charge on any atom is -0.381 e. The first-order chi connectivity index (χ1) is 12.5. The van der Waals surface area contributed by atoms with Gasteiger partial charge in [-0.1, -0.05) is 0 Å². The third-order valence-corrected chi connectivity index (χ3v) is 5.20. The number of nitrogens with zero attached hydrogens (tertiary/aromatic N) is 4. The Hall–Kier alpha value is -2.62. The predicted molar refractivity (Wildman–Crippen MR) is 94.1 cm³/mol. The molecule has 1 atom stereocenters. The number of sulfonamides is 1. The molecule has 4 rings (SSSR count). The van der Waals surface area contributed by atoms with Crippen LogP contribution < -0.4 is 5.14 Å². The van der Waals surface area contributed by atoms with Gasteiger partial charge in [-0.25, -0.2) is 23.2 Å². The second-order valence-electron chi connectivity index (χ2n) is 6.04. The largest absolute Gasteiger partial charge is 0.381 e. The first-order valence-corrected chi connectivity index (χ1v) is 9.65. The Labute approximate surface area is 150 Å². The van der Waals surface area contributed by atoms with Crippen LogP contribution in [-0.2, 0) is 14.8 Å². The molecule has 3 heterocycles. The lowest BCUT2D eigenvalue weighted by atomic mass is 10.1. The van der Waals surface area contributed by atoms with Crippen molar-refractivity contribution in [3.8, 4) is 17.1 Å². The molecule has 0 saturated carbocycles. The zero-order valence-electron chi connectivity index (χ0n) is 13.8. The Balaban J connectivity index is 1.80. The van der Waals surface area contributed by atoms with Crippen LogP contribution in [0.3, 0.4) is 0 Å². The van der Waals surface area contributed by atoms with Gasteiger partial charge in [0, 0.05) is 30.5 Å². The van der Waals surface area contributed by atoms with E-state index in [2.05, 4.69) is 10.1 Å². The van der Waals surface area contributed by atoms with Crippen LogP contribution in [0.5, 0.6) is 0 Å². The molecule has 0 bridgehead atoms. The monoisotopic (exact) mass is 371 g/mol. The summed E-state index contributed by atoms with van der Waals surface area (Å²) in [5.74, 6) is 1.51. The van der Waals surface area contributed by atoms with Gasteiger partial charge in [0.25, 0.3) is 0 Å². The molecule has 2 N–H and O–H groups in total. The fourth-order valence-corrected chi connectivity index (χ4v) is 3.43. The van der Waals surface area contributed by atoms with Crippen molar-refractivity contribution in [2.45, 2.75) is 17.2 Å². The molecule has 1 unspecified atom stereocenters. The lowest BCUT2D eigenvalue weighted by Crippen LogP contribution is -2.13. The average molecular weight is 371 g/mol. The maximum absolute atomic E-state index is 11.5. The van der Waals surface area contributed by atoms with Crippen molar-refractivity contribution in [2.24, 2.45) is 5.14 Å². The van der Waals surface area contributed by atoms with Gasteiger partial charge in [-0.05, 0) is 42.8 Å². The summed E-state index contributed by atoms with van der Waals surface area (Å²) < 4.78 is 30.2. The summed E-state index contributed by atoms with van der Waals surface area (Å²) in [6, 6.07) is 9.96. The van der Waals surface area contributed by atoms with E-state index in [1.807, 2.05) is 12.1 Å². The second kappa shape index (κ2) is 6.60. The molecule has 0 aliphatic carbocycles. The number of ether oxygens (including phenoxy) is 1. The van der Waals surface area contributed by atoms with Crippen molar-refractivity contribution in [3.63, 3.8) is 0 Å². The molecule has 1 aliphatic heterocycles. The molecule has 2 aromatic heterocycles. The summed E-state index contributed by atoms with van der Waals surface area (Å²) in [7, 11) is -3.74. The lowest BCUT2D eigenvalue weighted by molar-refractivity contribution is 0.193. The maximum Gasteiger partial charge on any atom is 0.238 e. The highest BCUT2D eigenvalue weighted by Gasteiger charge is 2.25. The van der Waals surface area contributed by atoms with Gasteiger partial charge in [-0.3, -0.25) is 4.98 Å². The van der Waals surface area contributed by atoms with E-state index >= 15 is 0 Å². The third kappa shape index (κ3) is 3.24. The van der Waals surface area contributed by atoms with E-state index in [1.165, 1.54) is 12.1 Å². The summed E-state index contributed by atoms with van der Waals surface area (Å²) in [5.41, 5.74) is 1.58. The van der Waals surface area contributed by atoms with Crippen molar-refractivity contribution in [3.05, 3.63) is 54.6 Å². The van der Waals surface area contributed by atoms with Gasteiger partial charge < -0.3 is 4.74 Å². The molecular weight excluding hydrogens is 354 g/mol. The zero-order valence-corrected chi connectivity index (χ0v) is 14.6. The number of primary sulfonamides is 1. The van der Waals surface area contributed by atoms with Gasteiger partial charge in [0.15, 0.2) is 5.82 Å². The van der Waals surface area contributed by atoms with Gasteiger partial charge in [0.2, 0.25) is 10.0 Å². The molecule has 134 valence electrons. The molecule has 8 nitrogen and oxygen atoms in total. The van der Waals surface area contributed by atoms with E-state index in [1.54, 1.807) is 29.2 Å². The van der Waals surface area contributed by atoms with Crippen molar-refractivity contribution in [1.82, 2.24) is 19.7 Å². The SMILES string of the molecule is NS(=O)(=O)c1ccc(-n2nc(-c3ccncc3)nc2C2CCOC2)cc1. The fraction of sp³-hybridized carbons (Fsp3) is 0.235. The van der Waals surface area contributed by atoms with Crippen molar-refractivity contribution < 1.29 is 13.2 Å². The first kappa shape index (κ1) is 16.8. The van der Waals surface area contributed by atoms with Crippen LogP contribution in [0, 0.1) is 0 Å². The summed E-state index contributed by atoms with van der Waals surface area (Å²) in [6.45, 7) is 1.27. The number of aromatic nitrogens is 4. The number of hydrogen-bond donors (Lipinski definition) is 1. The Bertz CT molecular complexity index is 1010.